The fraction of sp³-hybridized carbons (Fsp3) is 0.125. The van der Waals surface area contributed by atoms with Crippen molar-refractivity contribution in [3.63, 3.8) is 0 Å². The average molecular weight is 294 g/mol. The van der Waals surface area contributed by atoms with Crippen LogP contribution < -0.4 is 5.32 Å². The van der Waals surface area contributed by atoms with Gasteiger partial charge in [-0.3, -0.25) is 20.1 Å². The Balaban J connectivity index is 1.82. The number of anilines is 1. The van der Waals surface area contributed by atoms with E-state index in [1.165, 1.54) is 12.3 Å². The number of fused-ring (bicyclic) bond motifs is 1. The zero-order valence-corrected chi connectivity index (χ0v) is 11.8. The van der Waals surface area contributed by atoms with Gasteiger partial charge in [-0.2, -0.15) is 0 Å². The van der Waals surface area contributed by atoms with Crippen LogP contribution in [0.3, 0.4) is 0 Å². The summed E-state index contributed by atoms with van der Waals surface area (Å²) >= 11 is 0. The van der Waals surface area contributed by atoms with Crippen LogP contribution in [0.25, 0.3) is 10.8 Å². The molecule has 1 N–H and O–H groups in total. The minimum Gasteiger partial charge on any atom is -0.384 e. The van der Waals surface area contributed by atoms with Crippen molar-refractivity contribution in [3.8, 4) is 0 Å². The van der Waals surface area contributed by atoms with Crippen molar-refractivity contribution < 1.29 is 4.92 Å². The lowest BCUT2D eigenvalue weighted by molar-refractivity contribution is -0.383. The first-order valence-corrected chi connectivity index (χ1v) is 6.90. The number of nitrogens with zero attached hydrogens (tertiary/aromatic N) is 3. The van der Waals surface area contributed by atoms with Crippen LogP contribution >= 0.6 is 0 Å². The van der Waals surface area contributed by atoms with Gasteiger partial charge in [-0.05, 0) is 24.3 Å². The molecule has 6 nitrogen and oxygen atoms in total. The molecule has 0 bridgehead atoms. The van der Waals surface area contributed by atoms with Gasteiger partial charge >= 0.3 is 0 Å². The van der Waals surface area contributed by atoms with E-state index >= 15 is 0 Å². The van der Waals surface area contributed by atoms with Gasteiger partial charge in [0.25, 0.3) is 5.69 Å². The molecule has 1 aromatic carbocycles. The highest BCUT2D eigenvalue weighted by molar-refractivity contribution is 5.99. The van der Waals surface area contributed by atoms with Crippen molar-refractivity contribution in [1.29, 1.82) is 0 Å². The molecule has 0 amide bonds. The molecular formula is C16H14N4O2. The average Bonchev–Trinajstić information content (AvgIpc) is 2.55. The molecular weight excluding hydrogens is 280 g/mol. The number of aromatic nitrogens is 2. The molecule has 0 atom stereocenters. The molecule has 0 radical (unpaired) electrons. The molecule has 6 heteroatoms. The van der Waals surface area contributed by atoms with E-state index in [1.54, 1.807) is 24.5 Å². The van der Waals surface area contributed by atoms with E-state index in [1.807, 2.05) is 18.2 Å². The van der Waals surface area contributed by atoms with E-state index in [0.29, 0.717) is 11.9 Å². The monoisotopic (exact) mass is 294 g/mol. The third kappa shape index (κ3) is 2.85. The van der Waals surface area contributed by atoms with Gasteiger partial charge in [0.2, 0.25) is 0 Å². The van der Waals surface area contributed by atoms with Crippen molar-refractivity contribution in [2.75, 3.05) is 11.9 Å². The van der Waals surface area contributed by atoms with Crippen LogP contribution in [0.5, 0.6) is 0 Å². The topological polar surface area (TPSA) is 81.0 Å². The summed E-state index contributed by atoms with van der Waals surface area (Å²) in [5.41, 5.74) is 1.93. The molecule has 0 spiro atoms. The highest BCUT2D eigenvalue weighted by Crippen LogP contribution is 2.30. The van der Waals surface area contributed by atoms with Crippen molar-refractivity contribution in [1.82, 2.24) is 9.97 Å². The third-order valence-electron chi connectivity index (χ3n) is 3.41. The molecule has 2 heterocycles. The summed E-state index contributed by atoms with van der Waals surface area (Å²) in [4.78, 5) is 18.9. The van der Waals surface area contributed by atoms with Gasteiger partial charge in [-0.25, -0.2) is 0 Å². The number of hydrogen-bond donors (Lipinski definition) is 1. The van der Waals surface area contributed by atoms with E-state index in [2.05, 4.69) is 15.3 Å². The van der Waals surface area contributed by atoms with Crippen molar-refractivity contribution in [3.05, 3.63) is 70.8 Å². The second-order valence-electron chi connectivity index (χ2n) is 4.81. The zero-order valence-electron chi connectivity index (χ0n) is 11.8. The maximum atomic E-state index is 11.1. The Morgan fingerprint density at radius 3 is 2.77 bits per heavy atom. The minimum absolute atomic E-state index is 0.0679. The molecule has 0 unspecified atom stereocenters. The summed E-state index contributed by atoms with van der Waals surface area (Å²) in [5.74, 6) is 0. The van der Waals surface area contributed by atoms with E-state index in [9.17, 15) is 10.1 Å². The normalized spacial score (nSPS) is 10.5. The SMILES string of the molecule is O=[N+]([O-])c1ccc(NCCc2ccccn2)c2ccncc12. The molecule has 0 saturated carbocycles. The molecule has 3 rings (SSSR count). The molecule has 110 valence electrons. The first-order valence-electron chi connectivity index (χ1n) is 6.90. The van der Waals surface area contributed by atoms with Crippen LogP contribution in [0.2, 0.25) is 0 Å². The van der Waals surface area contributed by atoms with E-state index in [-0.39, 0.29) is 10.6 Å². The number of nitro benzene ring substituents is 1. The Morgan fingerprint density at radius 1 is 1.09 bits per heavy atom. The lowest BCUT2D eigenvalue weighted by Crippen LogP contribution is -2.06. The number of nitrogens with one attached hydrogen (secondary N) is 1. The summed E-state index contributed by atoms with van der Waals surface area (Å²) in [6.45, 7) is 0.701. The molecule has 0 aliphatic heterocycles. The number of benzene rings is 1. The van der Waals surface area contributed by atoms with E-state index in [4.69, 9.17) is 0 Å². The maximum Gasteiger partial charge on any atom is 0.278 e. The fourth-order valence-electron chi connectivity index (χ4n) is 2.36. The first kappa shape index (κ1) is 13.9. The van der Waals surface area contributed by atoms with Crippen LogP contribution in [0, 0.1) is 10.1 Å². The van der Waals surface area contributed by atoms with E-state index < -0.39 is 0 Å². The largest absolute Gasteiger partial charge is 0.384 e. The summed E-state index contributed by atoms with van der Waals surface area (Å²) in [7, 11) is 0. The van der Waals surface area contributed by atoms with Crippen molar-refractivity contribution in [2.24, 2.45) is 0 Å². The Kier molecular flexibility index (Phi) is 3.91. The number of nitro groups is 1. The summed E-state index contributed by atoms with van der Waals surface area (Å²) < 4.78 is 0. The molecule has 0 aliphatic rings. The minimum atomic E-state index is -0.387. The summed E-state index contributed by atoms with van der Waals surface area (Å²) in [6, 6.07) is 10.8. The second-order valence-corrected chi connectivity index (χ2v) is 4.81. The van der Waals surface area contributed by atoms with Crippen LogP contribution in [0.1, 0.15) is 5.69 Å². The van der Waals surface area contributed by atoms with Gasteiger partial charge in [0.05, 0.1) is 10.3 Å². The standard InChI is InChI=1S/C16H14N4O2/c21-20(22)16-5-4-15(13-7-9-17-11-14(13)16)19-10-6-12-3-1-2-8-18-12/h1-5,7-9,11,19H,6,10H2. The Hall–Kier alpha value is -3.02. The highest BCUT2D eigenvalue weighted by atomic mass is 16.6. The lowest BCUT2D eigenvalue weighted by Gasteiger charge is -2.09. The number of rotatable bonds is 5. The molecule has 2 aromatic heterocycles. The van der Waals surface area contributed by atoms with E-state index in [0.717, 1.165) is 23.2 Å². The molecule has 0 saturated heterocycles. The van der Waals surface area contributed by atoms with Gasteiger partial charge in [-0.1, -0.05) is 6.07 Å². The zero-order chi connectivity index (χ0) is 15.4. The number of hydrogen-bond acceptors (Lipinski definition) is 5. The quantitative estimate of drug-likeness (QED) is 0.577. The number of non-ortho nitro benzene ring substituents is 1. The number of pyridine rings is 2. The maximum absolute atomic E-state index is 11.1. The first-order chi connectivity index (χ1) is 10.8. The molecule has 0 aliphatic carbocycles. The summed E-state index contributed by atoms with van der Waals surface area (Å²) in [5, 5.41) is 15.7. The Morgan fingerprint density at radius 2 is 2.00 bits per heavy atom. The molecule has 22 heavy (non-hydrogen) atoms. The molecule has 0 fully saturated rings. The Bertz CT molecular complexity index is 806. The van der Waals surface area contributed by atoms with Crippen LogP contribution in [0.4, 0.5) is 11.4 Å². The fourth-order valence-corrected chi connectivity index (χ4v) is 2.36. The van der Waals surface area contributed by atoms with Gasteiger partial charge < -0.3 is 5.32 Å². The Labute approximate surface area is 127 Å². The van der Waals surface area contributed by atoms with Crippen LogP contribution in [-0.2, 0) is 6.42 Å². The molecule has 3 aromatic rings. The predicted octanol–water partition coefficient (Wildman–Crippen LogP) is 3.19. The lowest BCUT2D eigenvalue weighted by atomic mass is 10.1. The van der Waals surface area contributed by atoms with Crippen LogP contribution in [0.15, 0.2) is 55.0 Å². The summed E-state index contributed by atoms with van der Waals surface area (Å²) in [6.07, 6.45) is 5.71. The van der Waals surface area contributed by atoms with Crippen molar-refractivity contribution in [2.45, 2.75) is 6.42 Å². The van der Waals surface area contributed by atoms with Gasteiger partial charge in [-0.15, -0.1) is 0 Å². The van der Waals surface area contributed by atoms with Crippen molar-refractivity contribution >= 4 is 22.1 Å². The van der Waals surface area contributed by atoms with Crippen LogP contribution in [-0.4, -0.2) is 21.4 Å². The predicted molar refractivity (Wildman–Crippen MR) is 84.8 cm³/mol. The highest BCUT2D eigenvalue weighted by Gasteiger charge is 2.13. The second kappa shape index (κ2) is 6.17. The van der Waals surface area contributed by atoms with Gasteiger partial charge in [0.15, 0.2) is 0 Å². The van der Waals surface area contributed by atoms with Gasteiger partial charge in [0, 0.05) is 54.4 Å². The third-order valence-corrected chi connectivity index (χ3v) is 3.41. The smallest absolute Gasteiger partial charge is 0.278 e. The van der Waals surface area contributed by atoms with Gasteiger partial charge in [0.1, 0.15) is 0 Å².